The number of unbranched alkanes of at least 4 members (excludes halogenated alkanes) is 4. The summed E-state index contributed by atoms with van der Waals surface area (Å²) in [6, 6.07) is 7.40. The summed E-state index contributed by atoms with van der Waals surface area (Å²) in [6.45, 7) is 38.6. The second-order valence-corrected chi connectivity index (χ2v) is 40.9. The minimum atomic E-state index is -2.13. The van der Waals surface area contributed by atoms with Gasteiger partial charge in [-0.15, -0.1) is 0 Å². The van der Waals surface area contributed by atoms with Crippen LogP contribution in [0.1, 0.15) is 147 Å². The average molecular weight is 1610 g/mol. The first kappa shape index (κ1) is 89.7. The quantitative estimate of drug-likeness (QED) is 0.0140. The minimum Gasteiger partial charge on any atom is -0.493 e. The lowest BCUT2D eigenvalue weighted by atomic mass is 10.1. The van der Waals surface area contributed by atoms with Crippen molar-refractivity contribution in [3.8, 4) is 46.0 Å². The Morgan fingerprint density at radius 1 is 0.416 bits per heavy atom. The van der Waals surface area contributed by atoms with E-state index in [0.717, 1.165) is 33.8 Å². The van der Waals surface area contributed by atoms with Gasteiger partial charge in [0.1, 0.15) is 28.3 Å². The SMILES string of the molecule is C=C1C[C@@H](CO)N(C(=O)c2cc(OC)c(OCCCCCOc3cc([N+](=O)[O-])c(C(=O)N4CC(=C)C[C@H]4CO[Si](C)(C)C(C)(C)C)cc3OC)cc2[N+](=O)[O-])C1.C=C1C[C@@H](CO[Si](C)(C)C(C)(C)C)N(C(=O)c2cc(OC)c(OCCCCCOc3cc([N+](=O)[O-])c(C(=O)N4CC(=C)C[C@H]4C(=O)O)cc3OC)cc2[N+](=O)[O-])C1. The molecule has 0 aromatic heterocycles. The van der Waals surface area contributed by atoms with Crippen molar-refractivity contribution in [1.29, 1.82) is 0 Å². The number of nitro groups is 4. The number of hydrogen-bond donors (Lipinski definition) is 2. The van der Waals surface area contributed by atoms with Crippen LogP contribution in [0.3, 0.4) is 0 Å². The topological polar surface area (TPSA) is 404 Å². The second kappa shape index (κ2) is 38.4. The number of aliphatic carboxylic acids is 1. The summed E-state index contributed by atoms with van der Waals surface area (Å²) in [5.74, 6) is -2.88. The Hall–Kier alpha value is -10.5. The maximum absolute atomic E-state index is 13.9. The molecule has 33 nitrogen and oxygen atoms in total. The zero-order chi connectivity index (χ0) is 83.9. The molecule has 4 aliphatic heterocycles. The Morgan fingerprint density at radius 2 is 0.664 bits per heavy atom. The highest BCUT2D eigenvalue weighted by Crippen LogP contribution is 2.44. The van der Waals surface area contributed by atoms with E-state index < -0.39 is 101 Å². The highest BCUT2D eigenvalue weighted by molar-refractivity contribution is 6.74. The van der Waals surface area contributed by atoms with Crippen LogP contribution in [0.5, 0.6) is 46.0 Å². The largest absolute Gasteiger partial charge is 0.493 e. The summed E-state index contributed by atoms with van der Waals surface area (Å²) in [6.07, 6.45) is 4.69. The van der Waals surface area contributed by atoms with E-state index in [4.69, 9.17) is 46.7 Å². The highest BCUT2D eigenvalue weighted by atomic mass is 28.4. The van der Waals surface area contributed by atoms with Crippen molar-refractivity contribution in [2.75, 3.05) is 101 Å². The maximum Gasteiger partial charge on any atom is 0.326 e. The molecule has 0 saturated carbocycles. The van der Waals surface area contributed by atoms with Crippen molar-refractivity contribution in [3.63, 3.8) is 0 Å². The van der Waals surface area contributed by atoms with Crippen molar-refractivity contribution in [1.82, 2.24) is 19.6 Å². The number of amides is 4. The van der Waals surface area contributed by atoms with Gasteiger partial charge in [0.05, 0.1) is 137 Å². The van der Waals surface area contributed by atoms with Crippen LogP contribution in [0.15, 0.2) is 97.1 Å². The molecule has 0 aliphatic carbocycles. The van der Waals surface area contributed by atoms with Crippen molar-refractivity contribution < 1.29 is 101 Å². The van der Waals surface area contributed by atoms with Crippen LogP contribution in [0.25, 0.3) is 0 Å². The fourth-order valence-corrected chi connectivity index (χ4v) is 14.9. The predicted octanol–water partition coefficient (Wildman–Crippen LogP) is 13.5. The maximum atomic E-state index is 13.9. The number of benzene rings is 4. The molecule has 4 saturated heterocycles. The van der Waals surface area contributed by atoms with Gasteiger partial charge in [-0.3, -0.25) is 59.6 Å². The molecule has 4 aliphatic rings. The first-order chi connectivity index (χ1) is 53.0. The van der Waals surface area contributed by atoms with E-state index >= 15 is 0 Å². The number of nitro benzene ring substituents is 4. The molecule has 4 heterocycles. The molecule has 0 bridgehead atoms. The fraction of sp³-hybridized carbons (Fsp3) is 0.526. The number of carbonyl (C=O) groups is 5. The van der Waals surface area contributed by atoms with Gasteiger partial charge in [0, 0.05) is 56.9 Å². The molecular weight excluding hydrogens is 1510 g/mol. The summed E-state index contributed by atoms with van der Waals surface area (Å²) >= 11 is 0. The van der Waals surface area contributed by atoms with Gasteiger partial charge < -0.3 is 76.6 Å². The number of likely N-dealkylation sites (tertiary alicyclic amines) is 4. The van der Waals surface area contributed by atoms with Gasteiger partial charge in [0.25, 0.3) is 46.4 Å². The Balaban J connectivity index is 0.000000313. The third-order valence-corrected chi connectivity index (χ3v) is 30.2. The van der Waals surface area contributed by atoms with Gasteiger partial charge >= 0.3 is 5.97 Å². The number of methoxy groups -OCH3 is 4. The van der Waals surface area contributed by atoms with E-state index in [1.54, 1.807) is 9.80 Å². The molecule has 4 amide bonds. The van der Waals surface area contributed by atoms with E-state index in [9.17, 15) is 74.6 Å². The van der Waals surface area contributed by atoms with Gasteiger partial charge in [0.15, 0.2) is 62.6 Å². The van der Waals surface area contributed by atoms with Crippen molar-refractivity contribution in [2.45, 2.75) is 166 Å². The highest BCUT2D eigenvalue weighted by Gasteiger charge is 2.45. The number of aliphatic hydroxyl groups excluding tert-OH is 1. The third-order valence-electron chi connectivity index (χ3n) is 21.2. The summed E-state index contributed by atoms with van der Waals surface area (Å²) < 4.78 is 57.9. The minimum absolute atomic E-state index is 0.0250. The first-order valence-electron chi connectivity index (χ1n) is 37.0. The molecule has 113 heavy (non-hydrogen) atoms. The number of carboxylic acids is 1. The molecule has 0 unspecified atom stereocenters. The smallest absolute Gasteiger partial charge is 0.326 e. The molecule has 2 N–H and O–H groups in total. The van der Waals surface area contributed by atoms with Gasteiger partial charge in [-0.2, -0.15) is 0 Å². The van der Waals surface area contributed by atoms with Crippen LogP contribution >= 0.6 is 0 Å². The zero-order valence-corrected chi connectivity index (χ0v) is 69.0. The van der Waals surface area contributed by atoms with Crippen LogP contribution in [0.2, 0.25) is 36.3 Å². The monoisotopic (exact) mass is 1610 g/mol. The number of nitrogens with zero attached hydrogens (tertiary/aromatic N) is 8. The van der Waals surface area contributed by atoms with Gasteiger partial charge in [-0.25, -0.2) is 4.79 Å². The fourth-order valence-electron chi connectivity index (χ4n) is 12.8. The lowest BCUT2D eigenvalue weighted by Crippen LogP contribution is -2.46. The number of rotatable bonds is 36. The molecule has 0 radical (unpaired) electrons. The van der Waals surface area contributed by atoms with E-state index in [1.807, 2.05) is 0 Å². The van der Waals surface area contributed by atoms with E-state index in [1.165, 1.54) is 69.7 Å². The number of carboxylic acid groups (broad SMARTS) is 1. The Bertz CT molecular complexity index is 4300. The summed E-state index contributed by atoms with van der Waals surface area (Å²) in [5, 5.41) is 67.6. The number of carbonyl (C=O) groups excluding carboxylic acids is 4. The first-order valence-corrected chi connectivity index (χ1v) is 42.8. The molecule has 616 valence electrons. The van der Waals surface area contributed by atoms with Gasteiger partial charge in [-0.05, 0) is 94.1 Å². The summed E-state index contributed by atoms with van der Waals surface area (Å²) in [5.41, 5.74) is 0.309. The molecule has 8 rings (SSSR count). The molecule has 4 atom stereocenters. The number of hydrogen-bond acceptors (Lipinski definition) is 24. The van der Waals surface area contributed by atoms with E-state index in [0.29, 0.717) is 76.6 Å². The Labute approximate surface area is 659 Å². The summed E-state index contributed by atoms with van der Waals surface area (Å²) in [4.78, 5) is 117. The molecule has 4 fully saturated rings. The van der Waals surface area contributed by atoms with Crippen LogP contribution in [-0.4, -0.2) is 221 Å². The van der Waals surface area contributed by atoms with Gasteiger partial charge in [0.2, 0.25) is 0 Å². The molecule has 35 heteroatoms. The van der Waals surface area contributed by atoms with Crippen LogP contribution < -0.4 is 37.9 Å². The van der Waals surface area contributed by atoms with Crippen LogP contribution in [0.4, 0.5) is 22.7 Å². The standard InChI is InChI=1S/C39H52N4O13Si.C39H54N4O12Si/c1-24-15-26(23-56-57(8,9)39(3,4)5)40(21-24)36(44)27-17-32(52-6)34(19-29(27)42(48)49)54-13-11-10-12-14-55-35-20-30(43(50)51)28(18-33(35)53-7)37(45)41-22-25(2)16-31(41)38(46)47;1-25-15-27(23-44)40(21-25)37(45)29-17-33(51-6)35(19-31(29)42(47)48)53-13-11-10-12-14-54-36-20-32(43(49)50)30(18-34(36)52-7)38(46)41-22-26(2)16-28(41)24-55-56(8,9)39(3,4)5/h17-20,26,31H,1-2,10-16,21-23H2,3-9H3,(H,46,47);17-20,27-28,44H,1-2,10-16,21-24H2,3-9H3/t26-,31-;27-,28-/m00/s1. The number of ether oxygens (including phenoxy) is 8. The van der Waals surface area contributed by atoms with E-state index in [2.05, 4.69) is 94.0 Å². The van der Waals surface area contributed by atoms with Crippen molar-refractivity contribution >= 4 is 69.0 Å². The van der Waals surface area contributed by atoms with Gasteiger partial charge in [-0.1, -0.05) is 90.2 Å². The third kappa shape index (κ3) is 22.0. The average Bonchev–Trinajstić information content (AvgIpc) is 1.73. The normalized spacial score (nSPS) is 17.2. The number of aliphatic hydroxyl groups is 1. The van der Waals surface area contributed by atoms with E-state index in [-0.39, 0.29) is 156 Å². The predicted molar refractivity (Wildman–Crippen MR) is 424 cm³/mol. The van der Waals surface area contributed by atoms with Crippen molar-refractivity contribution in [2.24, 2.45) is 0 Å². The Kier molecular flexibility index (Phi) is 30.4. The molecule has 4 aromatic rings. The molecule has 0 spiro atoms. The van der Waals surface area contributed by atoms with Crippen molar-refractivity contribution in [3.05, 3.63) is 160 Å². The molecule has 4 aromatic carbocycles. The van der Waals surface area contributed by atoms with Crippen LogP contribution in [-0.2, 0) is 13.6 Å². The lowest BCUT2D eigenvalue weighted by Gasteiger charge is -2.38. The summed E-state index contributed by atoms with van der Waals surface area (Å²) in [7, 11) is 1.20. The second-order valence-electron chi connectivity index (χ2n) is 31.3. The molecular formula is C78H106N8O25Si2. The van der Waals surface area contributed by atoms with Crippen LogP contribution in [0, 0.1) is 40.5 Å². The zero-order valence-electron chi connectivity index (χ0n) is 67.0. The Morgan fingerprint density at radius 3 is 0.912 bits per heavy atom. The lowest BCUT2D eigenvalue weighted by molar-refractivity contribution is -0.385.